The minimum Gasteiger partial charge on any atom is -0.462 e. The molecular formula is C14H19NO7. The third-order valence-corrected chi connectivity index (χ3v) is 3.26. The Bertz CT molecular complexity index is 522. The van der Waals surface area contributed by atoms with Crippen molar-refractivity contribution < 1.29 is 34.7 Å². The molecule has 0 unspecified atom stereocenters. The number of benzene rings is 1. The molecule has 0 spiro atoms. The zero-order valence-corrected chi connectivity index (χ0v) is 11.9. The van der Waals surface area contributed by atoms with E-state index in [1.165, 1.54) is 13.0 Å². The van der Waals surface area contributed by atoms with Crippen molar-refractivity contribution >= 4 is 11.6 Å². The van der Waals surface area contributed by atoms with Gasteiger partial charge < -0.3 is 35.2 Å². The Hall–Kier alpha value is -1.71. The van der Waals surface area contributed by atoms with E-state index in [1.807, 2.05) is 0 Å². The summed E-state index contributed by atoms with van der Waals surface area (Å²) >= 11 is 0. The van der Waals surface area contributed by atoms with E-state index < -0.39 is 37.3 Å². The number of hydrogen-bond donors (Lipinski definition) is 5. The second kappa shape index (κ2) is 7.03. The molecule has 1 saturated heterocycles. The zero-order valence-electron chi connectivity index (χ0n) is 11.9. The predicted molar refractivity (Wildman–Crippen MR) is 75.1 cm³/mol. The van der Waals surface area contributed by atoms with E-state index >= 15 is 0 Å². The highest BCUT2D eigenvalue weighted by atomic mass is 16.7. The summed E-state index contributed by atoms with van der Waals surface area (Å²) < 4.78 is 10.7. The van der Waals surface area contributed by atoms with Gasteiger partial charge in [0, 0.05) is 18.7 Å². The Morgan fingerprint density at radius 2 is 2.00 bits per heavy atom. The second-order valence-corrected chi connectivity index (χ2v) is 5.02. The van der Waals surface area contributed by atoms with Gasteiger partial charge in [-0.25, -0.2) is 0 Å². The fourth-order valence-electron chi connectivity index (χ4n) is 2.15. The number of nitrogens with one attached hydrogen (secondary N) is 1. The van der Waals surface area contributed by atoms with E-state index in [1.54, 1.807) is 18.2 Å². The van der Waals surface area contributed by atoms with E-state index in [0.29, 0.717) is 5.69 Å². The third-order valence-electron chi connectivity index (χ3n) is 3.26. The van der Waals surface area contributed by atoms with Crippen LogP contribution in [0, 0.1) is 0 Å². The molecule has 0 saturated carbocycles. The van der Waals surface area contributed by atoms with Gasteiger partial charge in [-0.2, -0.15) is 0 Å². The Labute approximate surface area is 126 Å². The lowest BCUT2D eigenvalue weighted by molar-refractivity contribution is -0.277. The first-order chi connectivity index (χ1) is 10.4. The molecule has 0 aromatic heterocycles. The minimum atomic E-state index is -1.51. The molecule has 1 heterocycles. The lowest BCUT2D eigenvalue weighted by Crippen LogP contribution is -2.60. The van der Waals surface area contributed by atoms with Crippen molar-refractivity contribution in [3.05, 3.63) is 24.3 Å². The molecule has 0 radical (unpaired) electrons. The van der Waals surface area contributed by atoms with Crippen LogP contribution in [0.5, 0.6) is 5.75 Å². The number of carbonyl (C=O) groups is 1. The average Bonchev–Trinajstić information content (AvgIpc) is 2.47. The first kappa shape index (κ1) is 16.7. The molecule has 2 rings (SSSR count). The van der Waals surface area contributed by atoms with Crippen LogP contribution in [0.2, 0.25) is 0 Å². The van der Waals surface area contributed by atoms with Gasteiger partial charge in [0.15, 0.2) is 0 Å². The molecule has 122 valence electrons. The molecule has 1 aromatic rings. The molecule has 1 aromatic carbocycles. The Kier molecular flexibility index (Phi) is 5.33. The Morgan fingerprint density at radius 1 is 1.27 bits per heavy atom. The minimum absolute atomic E-state index is 0.245. The summed E-state index contributed by atoms with van der Waals surface area (Å²) in [6.07, 6.45) is -6.73. The van der Waals surface area contributed by atoms with Gasteiger partial charge in [0.2, 0.25) is 12.2 Å². The molecule has 0 aliphatic carbocycles. The number of aliphatic hydroxyl groups excluding tert-OH is 4. The zero-order chi connectivity index (χ0) is 16.3. The smallest absolute Gasteiger partial charge is 0.229 e. The molecule has 8 heteroatoms. The van der Waals surface area contributed by atoms with Gasteiger partial charge in [-0.1, -0.05) is 6.07 Å². The van der Waals surface area contributed by atoms with Gasteiger partial charge in [0.05, 0.1) is 6.61 Å². The SMILES string of the molecule is CC(=O)Nc1cccc(O[C@H]2O[C@H](CO)[C@@H](O)[C@H](O)[C@@H]2O)c1. The highest BCUT2D eigenvalue weighted by molar-refractivity contribution is 5.88. The standard InChI is InChI=1S/C14H19NO7/c1-7(17)15-8-3-2-4-9(5-8)21-14-13(20)12(19)11(18)10(6-16)22-14/h2-5,10-14,16,18-20H,6H2,1H3,(H,15,17)/t10-,11-,12+,13+,14+/m1/s1. The van der Waals surface area contributed by atoms with Crippen LogP contribution in [0.3, 0.4) is 0 Å². The van der Waals surface area contributed by atoms with Crippen molar-refractivity contribution in [3.8, 4) is 5.75 Å². The summed E-state index contributed by atoms with van der Waals surface area (Å²) in [6.45, 7) is 0.835. The topological polar surface area (TPSA) is 128 Å². The van der Waals surface area contributed by atoms with Gasteiger partial charge in [-0.3, -0.25) is 4.79 Å². The molecule has 1 aliphatic rings. The largest absolute Gasteiger partial charge is 0.462 e. The van der Waals surface area contributed by atoms with Crippen molar-refractivity contribution in [3.63, 3.8) is 0 Å². The lowest BCUT2D eigenvalue weighted by Gasteiger charge is -2.39. The van der Waals surface area contributed by atoms with Gasteiger partial charge in [0.25, 0.3) is 0 Å². The van der Waals surface area contributed by atoms with Gasteiger partial charge >= 0.3 is 0 Å². The molecule has 0 bridgehead atoms. The molecule has 1 aliphatic heterocycles. The lowest BCUT2D eigenvalue weighted by atomic mass is 9.99. The number of ether oxygens (including phenoxy) is 2. The molecule has 1 amide bonds. The average molecular weight is 313 g/mol. The van der Waals surface area contributed by atoms with E-state index in [-0.39, 0.29) is 11.7 Å². The van der Waals surface area contributed by atoms with Crippen LogP contribution in [0.25, 0.3) is 0 Å². The van der Waals surface area contributed by atoms with Crippen LogP contribution in [0.4, 0.5) is 5.69 Å². The van der Waals surface area contributed by atoms with Crippen molar-refractivity contribution in [1.82, 2.24) is 0 Å². The normalized spacial score (nSPS) is 31.6. The van der Waals surface area contributed by atoms with Gasteiger partial charge in [-0.05, 0) is 12.1 Å². The maximum atomic E-state index is 11.0. The molecule has 1 fully saturated rings. The summed E-state index contributed by atoms with van der Waals surface area (Å²) in [5, 5.41) is 41.0. The maximum absolute atomic E-state index is 11.0. The highest BCUT2D eigenvalue weighted by Gasteiger charge is 2.44. The van der Waals surface area contributed by atoms with E-state index in [9.17, 15) is 20.1 Å². The van der Waals surface area contributed by atoms with Crippen LogP contribution in [0.1, 0.15) is 6.92 Å². The molecule has 5 atom stereocenters. The van der Waals surface area contributed by atoms with Gasteiger partial charge in [-0.15, -0.1) is 0 Å². The first-order valence-corrected chi connectivity index (χ1v) is 6.77. The van der Waals surface area contributed by atoms with Crippen molar-refractivity contribution in [2.45, 2.75) is 37.6 Å². The highest BCUT2D eigenvalue weighted by Crippen LogP contribution is 2.25. The van der Waals surface area contributed by atoms with E-state index in [0.717, 1.165) is 0 Å². The first-order valence-electron chi connectivity index (χ1n) is 6.77. The van der Waals surface area contributed by atoms with Crippen LogP contribution >= 0.6 is 0 Å². The number of aliphatic hydroxyl groups is 4. The van der Waals surface area contributed by atoms with Crippen molar-refractivity contribution in [2.24, 2.45) is 0 Å². The third kappa shape index (κ3) is 3.73. The number of rotatable bonds is 4. The fourth-order valence-corrected chi connectivity index (χ4v) is 2.15. The summed E-state index contributed by atoms with van der Waals surface area (Å²) in [5.41, 5.74) is 0.495. The molecule has 22 heavy (non-hydrogen) atoms. The van der Waals surface area contributed by atoms with E-state index in [4.69, 9.17) is 14.6 Å². The summed E-state index contributed by atoms with van der Waals surface area (Å²) in [6, 6.07) is 6.38. The number of hydrogen-bond acceptors (Lipinski definition) is 7. The quantitative estimate of drug-likeness (QED) is 0.473. The van der Waals surface area contributed by atoms with Crippen LogP contribution in [-0.4, -0.2) is 63.6 Å². The monoisotopic (exact) mass is 313 g/mol. The number of anilines is 1. The molecular weight excluding hydrogens is 294 g/mol. The number of carbonyl (C=O) groups excluding carboxylic acids is 1. The fraction of sp³-hybridized carbons (Fsp3) is 0.500. The van der Waals surface area contributed by atoms with E-state index in [2.05, 4.69) is 5.32 Å². The Balaban J connectivity index is 2.10. The number of amides is 1. The second-order valence-electron chi connectivity index (χ2n) is 5.02. The summed E-state index contributed by atoms with van der Waals surface area (Å²) in [5.74, 6) is 0.0422. The van der Waals surface area contributed by atoms with Crippen molar-refractivity contribution in [2.75, 3.05) is 11.9 Å². The van der Waals surface area contributed by atoms with Crippen LogP contribution in [0.15, 0.2) is 24.3 Å². The summed E-state index contributed by atoms with van der Waals surface area (Å²) in [7, 11) is 0. The van der Waals surface area contributed by atoms with Crippen molar-refractivity contribution in [1.29, 1.82) is 0 Å². The predicted octanol–water partition coefficient (Wildman–Crippen LogP) is -1.18. The molecule has 8 nitrogen and oxygen atoms in total. The molecule has 5 N–H and O–H groups in total. The van der Waals surface area contributed by atoms with Gasteiger partial charge in [0.1, 0.15) is 30.2 Å². The Morgan fingerprint density at radius 3 is 2.64 bits per heavy atom. The van der Waals surface area contributed by atoms with Crippen LogP contribution in [-0.2, 0) is 9.53 Å². The summed E-state index contributed by atoms with van der Waals surface area (Å²) in [4.78, 5) is 11.0. The van der Waals surface area contributed by atoms with Crippen LogP contribution < -0.4 is 10.1 Å². The maximum Gasteiger partial charge on any atom is 0.229 e.